The van der Waals surface area contributed by atoms with Crippen LogP contribution in [0.2, 0.25) is 0 Å². The van der Waals surface area contributed by atoms with Crippen LogP contribution >= 0.6 is 0 Å². The van der Waals surface area contributed by atoms with Gasteiger partial charge in [-0.3, -0.25) is 0 Å². The number of anilines is 2. The summed E-state index contributed by atoms with van der Waals surface area (Å²) in [5.74, 6) is -12.2. The fourth-order valence-corrected chi connectivity index (χ4v) is 2.93. The summed E-state index contributed by atoms with van der Waals surface area (Å²) in [6, 6.07) is 6.31. The van der Waals surface area contributed by atoms with Crippen molar-refractivity contribution in [2.75, 3.05) is 57.3 Å². The van der Waals surface area contributed by atoms with Crippen molar-refractivity contribution in [3.63, 3.8) is 0 Å². The van der Waals surface area contributed by atoms with Crippen molar-refractivity contribution >= 4 is 11.9 Å². The van der Waals surface area contributed by atoms with Gasteiger partial charge in [0.05, 0.1) is 33.5 Å². The van der Waals surface area contributed by atoms with E-state index in [1.807, 2.05) is 0 Å². The third-order valence-electron chi connectivity index (χ3n) is 4.73. The van der Waals surface area contributed by atoms with Gasteiger partial charge in [0.25, 0.3) is 0 Å². The highest BCUT2D eigenvalue weighted by molar-refractivity contribution is 5.39. The smallest absolute Gasteiger partial charge is 0.328 e. The number of halogens is 5. The normalized spacial score (nSPS) is 10.9. The van der Waals surface area contributed by atoms with E-state index in [4.69, 9.17) is 24.7 Å². The number of nitrogens with one attached hydrogen (secondary N) is 2. The van der Waals surface area contributed by atoms with E-state index < -0.39 is 40.8 Å². The first-order valence-corrected chi connectivity index (χ1v) is 11.3. The van der Waals surface area contributed by atoms with Crippen LogP contribution in [0.1, 0.15) is 5.56 Å². The van der Waals surface area contributed by atoms with E-state index in [0.29, 0.717) is 32.1 Å². The molecule has 15 heteroatoms. The highest BCUT2D eigenvalue weighted by Crippen LogP contribution is 2.32. The molecule has 1 heterocycles. The number of benzene rings is 2. The van der Waals surface area contributed by atoms with Crippen molar-refractivity contribution in [3.8, 4) is 17.5 Å². The van der Waals surface area contributed by atoms with Gasteiger partial charge >= 0.3 is 6.01 Å². The summed E-state index contributed by atoms with van der Waals surface area (Å²) >= 11 is 0. The molecule has 3 aromatic rings. The highest BCUT2D eigenvalue weighted by atomic mass is 19.2. The Morgan fingerprint density at radius 1 is 0.789 bits per heavy atom. The molecule has 0 radical (unpaired) electrons. The molecule has 0 fully saturated rings. The number of nitrogens with zero attached hydrogens (tertiary/aromatic N) is 3. The molecule has 0 saturated carbocycles. The number of hydrogen-bond donors (Lipinski definition) is 3. The van der Waals surface area contributed by atoms with E-state index in [1.54, 1.807) is 24.3 Å². The Morgan fingerprint density at radius 3 is 2.08 bits per heavy atom. The second-order valence-electron chi connectivity index (χ2n) is 7.41. The molecule has 10 nitrogen and oxygen atoms in total. The molecule has 0 atom stereocenters. The summed E-state index contributed by atoms with van der Waals surface area (Å²) in [5, 5.41) is 5.69. The molecule has 2 aromatic carbocycles. The van der Waals surface area contributed by atoms with Gasteiger partial charge in [-0.1, -0.05) is 12.1 Å². The quantitative estimate of drug-likeness (QED) is 0.113. The highest BCUT2D eigenvalue weighted by Gasteiger charge is 2.28. The van der Waals surface area contributed by atoms with E-state index in [-0.39, 0.29) is 31.6 Å². The SMILES string of the molecule is COc1cccc(CNc2nc(NCCOCCOCCN)nc(Oc3c(F)c(F)c(F)c(F)c3F)n2)c1. The number of methoxy groups -OCH3 is 1. The molecule has 3 rings (SSSR count). The predicted octanol–water partition coefficient (Wildman–Crippen LogP) is 3.38. The largest absolute Gasteiger partial charge is 0.497 e. The summed E-state index contributed by atoms with van der Waals surface area (Å²) in [7, 11) is 1.51. The number of rotatable bonds is 15. The Hall–Kier alpha value is -3.82. The summed E-state index contributed by atoms with van der Waals surface area (Å²) in [4.78, 5) is 11.9. The van der Waals surface area contributed by atoms with E-state index >= 15 is 0 Å². The molecule has 0 unspecified atom stereocenters. The standard InChI is InChI=1S/C23H25F5N6O4/c1-35-14-4-2-3-13(11-14)12-31-22-32-21(30-6-8-37-10-9-36-7-5-29)33-23(34-22)38-20-18(27)16(25)15(24)17(26)19(20)28/h2-4,11H,5-10,12,29H2,1H3,(H2,30,31,32,33,34). The van der Waals surface area contributed by atoms with Gasteiger partial charge < -0.3 is 35.3 Å². The molecule has 0 aliphatic rings. The molecular weight excluding hydrogens is 519 g/mol. The third kappa shape index (κ3) is 7.84. The predicted molar refractivity (Wildman–Crippen MR) is 126 cm³/mol. The molecular formula is C23H25F5N6O4. The van der Waals surface area contributed by atoms with Crippen LogP contribution in [-0.4, -0.2) is 61.6 Å². The molecule has 38 heavy (non-hydrogen) atoms. The molecule has 0 amide bonds. The monoisotopic (exact) mass is 544 g/mol. The van der Waals surface area contributed by atoms with Crippen LogP contribution in [0.4, 0.5) is 33.8 Å². The molecule has 1 aromatic heterocycles. The summed E-state index contributed by atoms with van der Waals surface area (Å²) < 4.78 is 89.5. The third-order valence-corrected chi connectivity index (χ3v) is 4.73. The van der Waals surface area contributed by atoms with E-state index in [0.717, 1.165) is 5.56 Å². The van der Waals surface area contributed by atoms with Crippen LogP contribution in [0.5, 0.6) is 17.5 Å². The van der Waals surface area contributed by atoms with E-state index in [2.05, 4.69) is 25.6 Å². The van der Waals surface area contributed by atoms with Gasteiger partial charge in [0.2, 0.25) is 46.7 Å². The second kappa shape index (κ2) is 14.2. The first-order valence-electron chi connectivity index (χ1n) is 11.3. The van der Waals surface area contributed by atoms with Crippen LogP contribution in [0.3, 0.4) is 0 Å². The van der Waals surface area contributed by atoms with Crippen molar-refractivity contribution in [3.05, 3.63) is 58.9 Å². The van der Waals surface area contributed by atoms with Gasteiger partial charge in [-0.05, 0) is 17.7 Å². The zero-order chi connectivity index (χ0) is 27.5. The number of ether oxygens (including phenoxy) is 4. The lowest BCUT2D eigenvalue weighted by molar-refractivity contribution is 0.0547. The maximum absolute atomic E-state index is 14.1. The second-order valence-corrected chi connectivity index (χ2v) is 7.41. The van der Waals surface area contributed by atoms with Gasteiger partial charge in [-0.15, -0.1) is 0 Å². The minimum Gasteiger partial charge on any atom is -0.497 e. The summed E-state index contributed by atoms with van der Waals surface area (Å²) in [6.07, 6.45) is 0. The summed E-state index contributed by atoms with van der Waals surface area (Å²) in [5.41, 5.74) is 6.09. The van der Waals surface area contributed by atoms with Crippen LogP contribution < -0.4 is 25.8 Å². The number of nitrogens with two attached hydrogens (primary N) is 1. The Morgan fingerprint density at radius 2 is 1.42 bits per heavy atom. The molecule has 0 saturated heterocycles. The van der Waals surface area contributed by atoms with Crippen molar-refractivity contribution in [2.24, 2.45) is 5.73 Å². The van der Waals surface area contributed by atoms with Crippen LogP contribution in [0, 0.1) is 29.1 Å². The van der Waals surface area contributed by atoms with E-state index in [9.17, 15) is 22.0 Å². The maximum atomic E-state index is 14.1. The molecule has 0 aliphatic heterocycles. The van der Waals surface area contributed by atoms with Crippen LogP contribution in [0.15, 0.2) is 24.3 Å². The van der Waals surface area contributed by atoms with Gasteiger partial charge in [-0.25, -0.2) is 13.2 Å². The molecule has 206 valence electrons. The Balaban J connectivity index is 1.77. The minimum atomic E-state index is -2.32. The fraction of sp³-hybridized carbons (Fsp3) is 0.348. The zero-order valence-electron chi connectivity index (χ0n) is 20.2. The van der Waals surface area contributed by atoms with Gasteiger partial charge in [0.15, 0.2) is 0 Å². The lowest BCUT2D eigenvalue weighted by atomic mass is 10.2. The molecule has 0 spiro atoms. The number of aromatic nitrogens is 3. The maximum Gasteiger partial charge on any atom is 0.328 e. The van der Waals surface area contributed by atoms with Gasteiger partial charge in [0.1, 0.15) is 5.75 Å². The Bertz CT molecular complexity index is 1190. The van der Waals surface area contributed by atoms with Crippen LogP contribution in [0.25, 0.3) is 0 Å². The Labute approximate surface area is 214 Å². The topological polar surface area (TPSA) is 126 Å². The van der Waals surface area contributed by atoms with Crippen molar-refractivity contribution in [1.29, 1.82) is 0 Å². The lowest BCUT2D eigenvalue weighted by Gasteiger charge is -2.12. The summed E-state index contributed by atoms with van der Waals surface area (Å²) in [6.45, 7) is 2.04. The first-order chi connectivity index (χ1) is 18.3. The minimum absolute atomic E-state index is 0.111. The van der Waals surface area contributed by atoms with Crippen LogP contribution in [-0.2, 0) is 16.0 Å². The van der Waals surface area contributed by atoms with Crippen molar-refractivity contribution in [1.82, 2.24) is 15.0 Å². The average molecular weight is 544 g/mol. The van der Waals surface area contributed by atoms with Crippen molar-refractivity contribution < 1.29 is 40.9 Å². The molecule has 4 N–H and O–H groups in total. The van der Waals surface area contributed by atoms with Gasteiger partial charge in [0, 0.05) is 19.6 Å². The molecule has 0 aliphatic carbocycles. The van der Waals surface area contributed by atoms with Gasteiger partial charge in [-0.2, -0.15) is 23.7 Å². The number of hydrogen-bond acceptors (Lipinski definition) is 10. The molecule has 0 bridgehead atoms. The fourth-order valence-electron chi connectivity index (χ4n) is 2.93. The average Bonchev–Trinajstić information content (AvgIpc) is 2.93. The lowest BCUT2D eigenvalue weighted by Crippen LogP contribution is -2.16. The van der Waals surface area contributed by atoms with Crippen molar-refractivity contribution in [2.45, 2.75) is 6.54 Å². The Kier molecular flexibility index (Phi) is 10.7. The first kappa shape index (κ1) is 28.7. The zero-order valence-corrected chi connectivity index (χ0v) is 20.2. The van der Waals surface area contributed by atoms with E-state index in [1.165, 1.54) is 7.11 Å².